The number of hydrazine groups is 1. The van der Waals surface area contributed by atoms with E-state index in [1.807, 2.05) is 53.9 Å². The van der Waals surface area contributed by atoms with Crippen LogP contribution in [-0.4, -0.2) is 23.9 Å². The van der Waals surface area contributed by atoms with Crippen molar-refractivity contribution < 1.29 is 14.3 Å². The van der Waals surface area contributed by atoms with Gasteiger partial charge in [-0.3, -0.25) is 20.4 Å². The van der Waals surface area contributed by atoms with E-state index in [1.165, 1.54) is 11.3 Å². The number of nitrogens with one attached hydrogen (secondary N) is 3. The number of carbonyl (C=O) groups is 2. The first-order valence-electron chi connectivity index (χ1n) is 9.52. The molecule has 152 valence electrons. The molecule has 2 amide bonds. The number of hydrogen-bond acceptors (Lipinski definition) is 4. The highest BCUT2D eigenvalue weighted by molar-refractivity contribution is 7.12. The Morgan fingerprint density at radius 3 is 2.53 bits per heavy atom. The third kappa shape index (κ3) is 4.21. The SMILES string of the molecule is COc1ccc(-c2[nH]c3ccccc3c2CCC(=O)NNC(=O)c2cccs2)cc1. The molecule has 0 spiro atoms. The molecule has 30 heavy (non-hydrogen) atoms. The Bertz CT molecular complexity index is 1160. The highest BCUT2D eigenvalue weighted by Crippen LogP contribution is 2.32. The zero-order valence-corrected chi connectivity index (χ0v) is 17.2. The summed E-state index contributed by atoms with van der Waals surface area (Å²) >= 11 is 1.32. The van der Waals surface area contributed by atoms with Crippen LogP contribution in [0.25, 0.3) is 22.2 Å². The molecule has 0 bridgehead atoms. The zero-order chi connectivity index (χ0) is 20.9. The van der Waals surface area contributed by atoms with Gasteiger partial charge >= 0.3 is 0 Å². The molecule has 7 heteroatoms. The van der Waals surface area contributed by atoms with Crippen molar-refractivity contribution in [1.82, 2.24) is 15.8 Å². The number of amides is 2. The number of aryl methyl sites for hydroxylation is 1. The summed E-state index contributed by atoms with van der Waals surface area (Å²) in [6.07, 6.45) is 0.780. The molecule has 4 rings (SSSR count). The largest absolute Gasteiger partial charge is 0.497 e. The second kappa shape index (κ2) is 8.84. The monoisotopic (exact) mass is 419 g/mol. The molecule has 0 aliphatic carbocycles. The number of aromatic nitrogens is 1. The zero-order valence-electron chi connectivity index (χ0n) is 16.4. The van der Waals surface area contributed by atoms with Crippen LogP contribution in [0.2, 0.25) is 0 Å². The molecule has 3 N–H and O–H groups in total. The predicted octanol–water partition coefficient (Wildman–Crippen LogP) is 4.30. The van der Waals surface area contributed by atoms with Crippen molar-refractivity contribution in [1.29, 1.82) is 0 Å². The summed E-state index contributed by atoms with van der Waals surface area (Å²) in [6.45, 7) is 0. The number of benzene rings is 2. The summed E-state index contributed by atoms with van der Waals surface area (Å²) in [4.78, 5) is 28.3. The lowest BCUT2D eigenvalue weighted by molar-refractivity contribution is -0.121. The Labute approximate surface area is 177 Å². The molecule has 0 atom stereocenters. The van der Waals surface area contributed by atoms with Gasteiger partial charge in [-0.1, -0.05) is 24.3 Å². The molecule has 0 saturated heterocycles. The van der Waals surface area contributed by atoms with E-state index in [-0.39, 0.29) is 18.2 Å². The molecule has 0 radical (unpaired) electrons. The van der Waals surface area contributed by atoms with Crippen LogP contribution in [0.3, 0.4) is 0 Å². The summed E-state index contributed by atoms with van der Waals surface area (Å²) in [5.41, 5.74) is 9.04. The Balaban J connectivity index is 1.50. The number of para-hydroxylation sites is 1. The number of H-pyrrole nitrogens is 1. The second-order valence-corrected chi connectivity index (χ2v) is 7.68. The van der Waals surface area contributed by atoms with E-state index in [9.17, 15) is 9.59 Å². The van der Waals surface area contributed by atoms with Gasteiger partial charge in [0.2, 0.25) is 5.91 Å². The topological polar surface area (TPSA) is 83.2 Å². The minimum atomic E-state index is -0.315. The molecule has 2 aromatic carbocycles. The molecule has 0 fully saturated rings. The third-order valence-electron chi connectivity index (χ3n) is 4.85. The molecule has 4 aromatic rings. The molecule has 0 aliphatic rings. The van der Waals surface area contributed by atoms with Crippen LogP contribution < -0.4 is 15.6 Å². The van der Waals surface area contributed by atoms with Crippen molar-refractivity contribution in [2.45, 2.75) is 12.8 Å². The average Bonchev–Trinajstić information content (AvgIpc) is 3.44. The molecule has 2 heterocycles. The molecule has 6 nitrogen and oxygen atoms in total. The summed E-state index contributed by atoms with van der Waals surface area (Å²) in [5.74, 6) is 0.229. The van der Waals surface area contributed by atoms with Gasteiger partial charge in [0, 0.05) is 23.0 Å². The predicted molar refractivity (Wildman–Crippen MR) is 119 cm³/mol. The summed E-state index contributed by atoms with van der Waals surface area (Å²) in [7, 11) is 1.64. The lowest BCUT2D eigenvalue weighted by Gasteiger charge is -2.08. The molecule has 0 saturated carbocycles. The molecule has 2 aromatic heterocycles. The Kier molecular flexibility index (Phi) is 5.81. The van der Waals surface area contributed by atoms with Gasteiger partial charge in [0.15, 0.2) is 0 Å². The maximum absolute atomic E-state index is 12.3. The normalized spacial score (nSPS) is 10.7. The van der Waals surface area contributed by atoms with Gasteiger partial charge in [-0.05, 0) is 59.3 Å². The standard InChI is InChI=1S/C23H21N3O3S/c1-29-16-10-8-15(9-11-16)22-18(17-5-2-3-6-19(17)24-22)12-13-21(27)25-26-23(28)20-7-4-14-30-20/h2-11,14,24H,12-13H2,1H3,(H,25,27)(H,26,28). The highest BCUT2D eigenvalue weighted by Gasteiger charge is 2.15. The number of hydrogen-bond donors (Lipinski definition) is 3. The van der Waals surface area contributed by atoms with Crippen LogP contribution in [0.5, 0.6) is 5.75 Å². The maximum Gasteiger partial charge on any atom is 0.279 e. The number of aromatic amines is 1. The lowest BCUT2D eigenvalue weighted by Crippen LogP contribution is -2.41. The number of rotatable bonds is 6. The lowest BCUT2D eigenvalue weighted by atomic mass is 10.0. The van der Waals surface area contributed by atoms with Crippen LogP contribution >= 0.6 is 11.3 Å². The van der Waals surface area contributed by atoms with Crippen molar-refractivity contribution in [3.63, 3.8) is 0 Å². The van der Waals surface area contributed by atoms with E-state index in [2.05, 4.69) is 15.8 Å². The molecule has 0 aliphatic heterocycles. The van der Waals surface area contributed by atoms with Gasteiger partial charge in [-0.25, -0.2) is 0 Å². The highest BCUT2D eigenvalue weighted by atomic mass is 32.1. The van der Waals surface area contributed by atoms with Crippen molar-refractivity contribution in [2.24, 2.45) is 0 Å². The fourth-order valence-corrected chi connectivity index (χ4v) is 3.98. The van der Waals surface area contributed by atoms with Crippen LogP contribution in [-0.2, 0) is 11.2 Å². The van der Waals surface area contributed by atoms with Crippen molar-refractivity contribution in [3.05, 3.63) is 76.5 Å². The van der Waals surface area contributed by atoms with Crippen LogP contribution in [0.4, 0.5) is 0 Å². The Morgan fingerprint density at radius 2 is 1.80 bits per heavy atom. The number of ether oxygens (including phenoxy) is 1. The number of methoxy groups -OCH3 is 1. The average molecular weight is 420 g/mol. The maximum atomic E-state index is 12.3. The van der Waals surface area contributed by atoms with Gasteiger partial charge in [-0.2, -0.15) is 0 Å². The quantitative estimate of drug-likeness (QED) is 0.408. The van der Waals surface area contributed by atoms with Gasteiger partial charge in [0.25, 0.3) is 5.91 Å². The molecular formula is C23H21N3O3S. The van der Waals surface area contributed by atoms with E-state index in [0.717, 1.165) is 33.5 Å². The van der Waals surface area contributed by atoms with Crippen molar-refractivity contribution in [3.8, 4) is 17.0 Å². The van der Waals surface area contributed by atoms with Gasteiger partial charge < -0.3 is 9.72 Å². The van der Waals surface area contributed by atoms with Crippen molar-refractivity contribution in [2.75, 3.05) is 7.11 Å². The first kappa shape index (κ1) is 19.7. The van der Waals surface area contributed by atoms with E-state index in [4.69, 9.17) is 4.74 Å². The van der Waals surface area contributed by atoms with Crippen molar-refractivity contribution >= 4 is 34.1 Å². The Hall–Kier alpha value is -3.58. The second-order valence-electron chi connectivity index (χ2n) is 6.73. The van der Waals surface area contributed by atoms with E-state index in [0.29, 0.717) is 11.3 Å². The van der Waals surface area contributed by atoms with Crippen LogP contribution in [0.1, 0.15) is 21.7 Å². The first-order valence-corrected chi connectivity index (χ1v) is 10.4. The Morgan fingerprint density at radius 1 is 1.00 bits per heavy atom. The van der Waals surface area contributed by atoms with E-state index >= 15 is 0 Å². The minimum Gasteiger partial charge on any atom is -0.497 e. The first-order chi connectivity index (χ1) is 14.7. The smallest absolute Gasteiger partial charge is 0.279 e. The van der Waals surface area contributed by atoms with Crippen LogP contribution in [0, 0.1) is 0 Å². The van der Waals surface area contributed by atoms with Gasteiger partial charge in [-0.15, -0.1) is 11.3 Å². The summed E-state index contributed by atoms with van der Waals surface area (Å²) < 4.78 is 5.25. The number of carbonyl (C=O) groups excluding carboxylic acids is 2. The fraction of sp³-hybridized carbons (Fsp3) is 0.130. The van der Waals surface area contributed by atoms with E-state index in [1.54, 1.807) is 19.2 Å². The van der Waals surface area contributed by atoms with Gasteiger partial charge in [0.05, 0.1) is 12.0 Å². The molecular weight excluding hydrogens is 398 g/mol. The fourth-order valence-electron chi connectivity index (χ4n) is 3.36. The molecule has 0 unspecified atom stereocenters. The third-order valence-corrected chi connectivity index (χ3v) is 5.72. The van der Waals surface area contributed by atoms with E-state index < -0.39 is 0 Å². The van der Waals surface area contributed by atoms with Gasteiger partial charge in [0.1, 0.15) is 5.75 Å². The minimum absolute atomic E-state index is 0.245. The summed E-state index contributed by atoms with van der Waals surface area (Å²) in [6, 6.07) is 19.3. The summed E-state index contributed by atoms with van der Waals surface area (Å²) in [5, 5.41) is 2.90. The number of thiophene rings is 1. The van der Waals surface area contributed by atoms with Crippen LogP contribution in [0.15, 0.2) is 66.0 Å². The number of fused-ring (bicyclic) bond motifs is 1.